The van der Waals surface area contributed by atoms with Gasteiger partial charge in [0.05, 0.1) is 79.6 Å². The van der Waals surface area contributed by atoms with Gasteiger partial charge in [-0.2, -0.15) is 0 Å². The van der Waals surface area contributed by atoms with Crippen LogP contribution in [0.25, 0.3) is 18.2 Å². The van der Waals surface area contributed by atoms with E-state index in [0.717, 1.165) is 11.1 Å². The van der Waals surface area contributed by atoms with Crippen LogP contribution in [0.3, 0.4) is 0 Å². The fourth-order valence-electron chi connectivity index (χ4n) is 12.8. The maximum Gasteiger partial charge on any atom is 0.181 e. The van der Waals surface area contributed by atoms with Crippen LogP contribution in [0.4, 0.5) is 13.2 Å². The first-order valence-electron chi connectivity index (χ1n) is 30.1. The molecule has 0 fully saturated rings. The molecule has 0 unspecified atom stereocenters. The van der Waals surface area contributed by atoms with Gasteiger partial charge in [0.15, 0.2) is 51.8 Å². The van der Waals surface area contributed by atoms with Gasteiger partial charge >= 0.3 is 0 Å². The molecule has 0 aromatic heterocycles. The Morgan fingerprint density at radius 3 is 1.22 bits per heavy atom. The van der Waals surface area contributed by atoms with Crippen LogP contribution in [0.5, 0.6) is 86.2 Å². The average molecular weight is 1280 g/mol. The predicted molar refractivity (Wildman–Crippen MR) is 337 cm³/mol. The largest absolute Gasteiger partial charge is 0.493 e. The molecule has 6 aromatic carbocycles. The Morgan fingerprint density at radius 2 is 0.785 bits per heavy atom. The fourth-order valence-corrected chi connectivity index (χ4v) is 12.8. The first-order chi connectivity index (χ1) is 44.2. The van der Waals surface area contributed by atoms with Gasteiger partial charge in [-0.15, -0.1) is 0 Å². The molecule has 0 bridgehead atoms. The van der Waals surface area contributed by atoms with Gasteiger partial charge in [-0.1, -0.05) is 7.43 Å². The minimum Gasteiger partial charge on any atom is -0.493 e. The van der Waals surface area contributed by atoms with E-state index in [0.29, 0.717) is 114 Å². The van der Waals surface area contributed by atoms with Crippen molar-refractivity contribution in [2.24, 2.45) is 0 Å². The SMILES string of the molecule is C.COc1cc2c(cc1OC)[C@@H]1C(=O)c3c([18F])cc4c(c3O[C@@H]1CO2)C=CC(C)(C)O4.COc1cc2c(cc1OCC[18F])OC[C@H]1Oc3c(ccc4c3C=CC(C)(C)O4)C(=O)[C@@H]21.COc1cc2c(cc1OCC[18F])[C@@H]1C(=O)c3ccc4c(c3O[C@@H]1CO2)C=CC(C)(C)O4. The summed E-state index contributed by atoms with van der Waals surface area (Å²) in [5, 5.41) is 0. The third kappa shape index (κ3) is 11.4. The summed E-state index contributed by atoms with van der Waals surface area (Å²) in [6.07, 6.45) is 9.89. The normalized spacial score (nSPS) is 21.9. The van der Waals surface area contributed by atoms with E-state index in [1.807, 2.05) is 90.1 Å². The Labute approximate surface area is 535 Å². The molecular weight excluding hydrogens is 1210 g/mol. The van der Waals surface area contributed by atoms with E-state index in [2.05, 4.69) is 0 Å². The molecule has 18 nitrogen and oxygen atoms in total. The number of carbonyl (C=O) groups excluding carboxylic acids is 3. The zero-order valence-electron chi connectivity index (χ0n) is 52.2. The van der Waals surface area contributed by atoms with Crippen molar-refractivity contribution in [2.45, 2.75) is 102 Å². The van der Waals surface area contributed by atoms with Gasteiger partial charge < -0.3 is 71.1 Å². The van der Waals surface area contributed by atoms with Gasteiger partial charge in [-0.05, 0) is 120 Å². The molecule has 9 aliphatic rings. The standard InChI is InChI=1S/2C24H23FO6.C23H21FO6.CH4/c1-24(2)7-6-13-16(31-24)5-4-14-22(26)21-15-10-19(28-9-8-25)18(27-3)11-17(15)29-12-20(21)30-23(13)14;1-24(2)7-6-13-16(31-24)5-4-14-22(26)21-15-10-18(27-3)19(28-9-8-25)11-17(15)29-12-20(21)30-23(13)14;1-23(2)6-5-11-15(30-23)8-13(24)20-21(25)19-12-7-16(26-3)17(27-4)9-14(12)28-10-18(19)29-22(11)20;/h2*4-7,10-11,20-21H,8-9,12H2,1-3H3;5-9,18-19H,10H2,1-4H3;1H4/t2*20-,21+;18-,19+;/m111./s1/i2*25-1;24-1;. The van der Waals surface area contributed by atoms with Crippen LogP contribution in [0.2, 0.25) is 0 Å². The number of carbonyl (C=O) groups is 3. The van der Waals surface area contributed by atoms with Crippen molar-refractivity contribution in [3.8, 4) is 86.2 Å². The van der Waals surface area contributed by atoms with Crippen molar-refractivity contribution in [2.75, 3.05) is 74.8 Å². The van der Waals surface area contributed by atoms with Gasteiger partial charge in [-0.25, -0.2) is 13.2 Å². The Kier molecular flexibility index (Phi) is 16.7. The minimum atomic E-state index is -0.710. The average Bonchev–Trinajstić information content (AvgIpc) is 0.748. The minimum absolute atomic E-state index is 0. The lowest BCUT2D eigenvalue weighted by molar-refractivity contribution is 0.0540. The van der Waals surface area contributed by atoms with Crippen molar-refractivity contribution in [1.82, 2.24) is 0 Å². The molecule has 0 saturated heterocycles. The van der Waals surface area contributed by atoms with Gasteiger partial charge in [0.25, 0.3) is 0 Å². The van der Waals surface area contributed by atoms with E-state index >= 15 is 4.39 Å². The highest BCUT2D eigenvalue weighted by molar-refractivity contribution is 6.08. The van der Waals surface area contributed by atoms with Crippen LogP contribution in [0.1, 0.15) is 131 Å². The maximum absolute atomic E-state index is 15.1. The number of ketones is 3. The second-order valence-electron chi connectivity index (χ2n) is 24.6. The smallest absolute Gasteiger partial charge is 0.181 e. The third-order valence-electron chi connectivity index (χ3n) is 17.2. The summed E-state index contributed by atoms with van der Waals surface area (Å²) in [7, 11) is 6.04. The molecule has 0 N–H and O–H groups in total. The maximum atomic E-state index is 15.1. The number of ether oxygens (including phenoxy) is 15. The van der Waals surface area contributed by atoms with Crippen molar-refractivity contribution >= 4 is 35.6 Å². The number of alkyl halides is 2. The zero-order chi connectivity index (χ0) is 64.7. The van der Waals surface area contributed by atoms with E-state index in [1.165, 1.54) is 34.5 Å². The number of fused-ring (bicyclic) bond motifs is 18. The lowest BCUT2D eigenvalue weighted by atomic mass is 9.80. The molecule has 21 heteroatoms. The lowest BCUT2D eigenvalue weighted by Crippen LogP contribution is -2.43. The summed E-state index contributed by atoms with van der Waals surface area (Å²) < 4.78 is 127. The molecule has 93 heavy (non-hydrogen) atoms. The summed E-state index contributed by atoms with van der Waals surface area (Å²) in [6.45, 7) is 10.8. The van der Waals surface area contributed by atoms with Crippen LogP contribution in [-0.4, -0.2) is 127 Å². The van der Waals surface area contributed by atoms with Gasteiger partial charge in [-0.3, -0.25) is 14.4 Å². The summed E-state index contributed by atoms with van der Waals surface area (Å²) >= 11 is 0. The molecule has 0 amide bonds. The van der Waals surface area contributed by atoms with Crippen LogP contribution >= 0.6 is 0 Å². The number of Topliss-reactive ketones (excluding diaryl/α,β-unsaturated/α-hetero) is 3. The second-order valence-corrected chi connectivity index (χ2v) is 24.6. The van der Waals surface area contributed by atoms with E-state index in [9.17, 15) is 23.2 Å². The van der Waals surface area contributed by atoms with Gasteiger partial charge in [0, 0.05) is 41.0 Å². The summed E-state index contributed by atoms with van der Waals surface area (Å²) in [5.41, 5.74) is 3.52. The number of hydrogen-bond acceptors (Lipinski definition) is 18. The number of halogens is 3. The number of methoxy groups -OCH3 is 4. The number of rotatable bonds is 10. The zero-order valence-corrected chi connectivity index (χ0v) is 52.2. The first-order valence-corrected chi connectivity index (χ1v) is 30.1. The number of hydrogen-bond donors (Lipinski definition) is 0. The van der Waals surface area contributed by atoms with Crippen molar-refractivity contribution in [3.63, 3.8) is 0 Å². The lowest BCUT2D eigenvalue weighted by Gasteiger charge is -2.39. The monoisotopic (exact) mass is 1280 g/mol. The Bertz CT molecular complexity index is 4110. The van der Waals surface area contributed by atoms with Crippen LogP contribution < -0.4 is 71.1 Å². The second kappa shape index (κ2) is 24.4. The summed E-state index contributed by atoms with van der Waals surface area (Å²) in [4.78, 5) is 40.6. The van der Waals surface area contributed by atoms with E-state index in [4.69, 9.17) is 71.1 Å². The molecule has 9 aliphatic heterocycles. The van der Waals surface area contributed by atoms with E-state index in [1.54, 1.807) is 48.5 Å². The molecule has 6 atom stereocenters. The fraction of sp³-hybridized carbons (Fsp3) is 0.375. The summed E-state index contributed by atoms with van der Waals surface area (Å²) in [6, 6.07) is 18.5. The summed E-state index contributed by atoms with van der Waals surface area (Å²) in [5.74, 6) is 4.13. The highest BCUT2D eigenvalue weighted by atomic mass is 18.2. The van der Waals surface area contributed by atoms with Crippen molar-refractivity contribution < 1.29 is 98.6 Å². The van der Waals surface area contributed by atoms with Gasteiger partial charge in [0.2, 0.25) is 0 Å². The predicted octanol–water partition coefficient (Wildman–Crippen LogP) is 13.5. The molecular formula is C72H71F3O18. The Morgan fingerprint density at radius 1 is 0.441 bits per heavy atom. The number of benzene rings is 6. The Balaban J connectivity index is 0.000000133. The van der Waals surface area contributed by atoms with Crippen LogP contribution in [0, 0.1) is 5.82 Å². The molecule has 15 rings (SSSR count). The van der Waals surface area contributed by atoms with E-state index in [-0.39, 0.29) is 69.1 Å². The highest BCUT2D eigenvalue weighted by Gasteiger charge is 2.49. The topological polar surface area (TPSA) is 190 Å². The van der Waals surface area contributed by atoms with Gasteiger partial charge in [0.1, 0.15) is 139 Å². The van der Waals surface area contributed by atoms with Crippen molar-refractivity contribution in [1.29, 1.82) is 0 Å². The highest BCUT2D eigenvalue weighted by Crippen LogP contribution is 2.54. The Hall–Kier alpha value is -9.66. The molecule has 0 saturated carbocycles. The molecule has 6 aromatic rings. The van der Waals surface area contributed by atoms with Crippen LogP contribution in [-0.2, 0) is 0 Å². The van der Waals surface area contributed by atoms with Crippen molar-refractivity contribution in [3.05, 3.63) is 141 Å². The molecule has 488 valence electrons. The van der Waals surface area contributed by atoms with Crippen LogP contribution in [0.15, 0.2) is 85.0 Å². The van der Waals surface area contributed by atoms with E-state index < -0.39 is 72.0 Å². The first kappa shape index (κ1) is 63.5. The molecule has 0 aliphatic carbocycles. The quantitative estimate of drug-likeness (QED) is 0.126. The molecule has 0 spiro atoms. The molecule has 9 heterocycles. The third-order valence-corrected chi connectivity index (χ3v) is 17.2. The molecule has 0 radical (unpaired) electrons.